The van der Waals surface area contributed by atoms with E-state index in [1.165, 1.54) is 0 Å². The van der Waals surface area contributed by atoms with Crippen molar-refractivity contribution >= 4 is 16.0 Å². The molecule has 0 bridgehead atoms. The first-order valence-corrected chi connectivity index (χ1v) is 8.21. The van der Waals surface area contributed by atoms with Crippen LogP contribution in [0.1, 0.15) is 16.2 Å². The van der Waals surface area contributed by atoms with E-state index in [4.69, 9.17) is 5.11 Å². The number of benzene rings is 1. The maximum atomic E-state index is 14.0. The summed E-state index contributed by atoms with van der Waals surface area (Å²) in [6.07, 6.45) is -1.70. The van der Waals surface area contributed by atoms with Crippen molar-refractivity contribution in [2.45, 2.75) is 24.4 Å². The second-order valence-corrected chi connectivity index (χ2v) is 6.97. The minimum absolute atomic E-state index is 0.0473. The molecule has 0 aliphatic carbocycles. The second kappa shape index (κ2) is 7.19. The van der Waals surface area contributed by atoms with E-state index in [-0.39, 0.29) is 5.82 Å². The topological polar surface area (TPSA) is 105 Å². The predicted molar refractivity (Wildman–Crippen MR) is 78.0 cm³/mol. The maximum Gasteiger partial charge on any atom is 0.335 e. The fourth-order valence-electron chi connectivity index (χ4n) is 1.99. The summed E-state index contributed by atoms with van der Waals surface area (Å²) in [5.74, 6) is -2.69. The Balaban J connectivity index is 2.28. The Kier molecular flexibility index (Phi) is 5.42. The number of carboxylic acid groups (broad SMARTS) is 1. The van der Waals surface area contributed by atoms with Crippen LogP contribution in [0.2, 0.25) is 0 Å². The molecule has 0 aliphatic heterocycles. The standard InChI is InChI=1S/C13H13F3N4O4S/c1-19(6-12-17-7-18-20(12)5-11(15)16)25(23,24)10-3-2-8(13(21)22)4-9(10)14/h2-4,7,11H,5-6H2,1H3,(H,21,22). The van der Waals surface area contributed by atoms with Gasteiger partial charge in [0.1, 0.15) is 29.4 Å². The van der Waals surface area contributed by atoms with E-state index in [1.807, 2.05) is 0 Å². The maximum absolute atomic E-state index is 14.0. The molecule has 0 unspecified atom stereocenters. The van der Waals surface area contributed by atoms with Crippen molar-refractivity contribution in [3.63, 3.8) is 0 Å². The Morgan fingerprint density at radius 3 is 2.64 bits per heavy atom. The number of carboxylic acids is 1. The first kappa shape index (κ1) is 18.9. The van der Waals surface area contributed by atoms with Crippen LogP contribution in [-0.4, -0.2) is 52.0 Å². The Hall–Kier alpha value is -2.47. The van der Waals surface area contributed by atoms with Crippen molar-refractivity contribution in [2.24, 2.45) is 0 Å². The average molecular weight is 378 g/mol. The van der Waals surface area contributed by atoms with Gasteiger partial charge in [-0.3, -0.25) is 0 Å². The molecule has 2 rings (SSSR count). The molecule has 12 heteroatoms. The number of hydrogen-bond donors (Lipinski definition) is 1. The van der Waals surface area contributed by atoms with E-state index in [1.54, 1.807) is 0 Å². The van der Waals surface area contributed by atoms with Crippen LogP contribution in [0.5, 0.6) is 0 Å². The Labute approximate surface area is 140 Å². The smallest absolute Gasteiger partial charge is 0.335 e. The van der Waals surface area contributed by atoms with Crippen molar-refractivity contribution in [2.75, 3.05) is 7.05 Å². The number of nitrogens with zero attached hydrogens (tertiary/aromatic N) is 4. The van der Waals surface area contributed by atoms with Gasteiger partial charge in [-0.15, -0.1) is 0 Å². The quantitative estimate of drug-likeness (QED) is 0.776. The molecule has 1 aromatic heterocycles. The van der Waals surface area contributed by atoms with Crippen molar-refractivity contribution < 1.29 is 31.5 Å². The second-order valence-electron chi connectivity index (χ2n) is 4.96. The van der Waals surface area contributed by atoms with Crippen LogP contribution in [0.15, 0.2) is 29.4 Å². The number of carbonyl (C=O) groups is 1. The van der Waals surface area contributed by atoms with Gasteiger partial charge in [-0.25, -0.2) is 36.0 Å². The summed E-state index contributed by atoms with van der Waals surface area (Å²) in [7, 11) is -3.22. The zero-order valence-corrected chi connectivity index (χ0v) is 13.6. The monoisotopic (exact) mass is 378 g/mol. The van der Waals surface area contributed by atoms with E-state index in [9.17, 15) is 26.4 Å². The fraction of sp³-hybridized carbons (Fsp3) is 0.308. The fourth-order valence-corrected chi connectivity index (χ4v) is 3.16. The highest BCUT2D eigenvalue weighted by Gasteiger charge is 2.27. The van der Waals surface area contributed by atoms with E-state index in [0.717, 1.165) is 30.2 Å². The third-order valence-electron chi connectivity index (χ3n) is 3.24. The zero-order valence-electron chi connectivity index (χ0n) is 12.8. The Morgan fingerprint density at radius 2 is 2.08 bits per heavy atom. The van der Waals surface area contributed by atoms with Crippen molar-refractivity contribution in [3.8, 4) is 0 Å². The van der Waals surface area contributed by atoms with Crippen LogP contribution in [0, 0.1) is 5.82 Å². The van der Waals surface area contributed by atoms with Gasteiger partial charge in [0.2, 0.25) is 10.0 Å². The molecule has 25 heavy (non-hydrogen) atoms. The molecular weight excluding hydrogens is 365 g/mol. The molecule has 8 nitrogen and oxygen atoms in total. The molecule has 0 saturated carbocycles. The molecular formula is C13H13F3N4O4S. The first-order chi connectivity index (χ1) is 11.6. The SMILES string of the molecule is CN(Cc1ncnn1CC(F)F)S(=O)(=O)c1ccc(C(=O)O)cc1F. The summed E-state index contributed by atoms with van der Waals surface area (Å²) in [4.78, 5) is 13.8. The van der Waals surface area contributed by atoms with Crippen LogP contribution in [0.3, 0.4) is 0 Å². The van der Waals surface area contributed by atoms with Gasteiger partial charge in [0.05, 0.1) is 12.1 Å². The molecule has 0 atom stereocenters. The third-order valence-corrected chi connectivity index (χ3v) is 5.07. The van der Waals surface area contributed by atoms with E-state index < -0.39 is 51.8 Å². The van der Waals surface area contributed by atoms with Crippen molar-refractivity contribution in [3.05, 3.63) is 41.7 Å². The highest BCUT2D eigenvalue weighted by Crippen LogP contribution is 2.21. The molecule has 1 aromatic carbocycles. The molecule has 0 spiro atoms. The molecule has 0 aliphatic rings. The molecule has 1 heterocycles. The first-order valence-electron chi connectivity index (χ1n) is 6.77. The Bertz CT molecular complexity index is 885. The van der Waals surface area contributed by atoms with Gasteiger partial charge in [0.25, 0.3) is 6.43 Å². The van der Waals surface area contributed by atoms with Gasteiger partial charge >= 0.3 is 5.97 Å². The number of rotatable bonds is 7. The Morgan fingerprint density at radius 1 is 1.40 bits per heavy atom. The van der Waals surface area contributed by atoms with Crippen molar-refractivity contribution in [1.82, 2.24) is 19.1 Å². The van der Waals surface area contributed by atoms with Gasteiger partial charge in [-0.1, -0.05) is 0 Å². The van der Waals surface area contributed by atoms with Crippen LogP contribution in [-0.2, 0) is 23.1 Å². The molecule has 2 aromatic rings. The number of halogens is 3. The highest BCUT2D eigenvalue weighted by molar-refractivity contribution is 7.89. The lowest BCUT2D eigenvalue weighted by Crippen LogP contribution is -2.29. The lowest BCUT2D eigenvalue weighted by molar-refractivity contribution is 0.0696. The third kappa shape index (κ3) is 4.14. The van der Waals surface area contributed by atoms with Gasteiger partial charge in [0.15, 0.2) is 0 Å². The zero-order chi connectivity index (χ0) is 18.8. The molecule has 0 saturated heterocycles. The predicted octanol–water partition coefficient (Wildman–Crippen LogP) is 1.20. The summed E-state index contributed by atoms with van der Waals surface area (Å²) in [6, 6.07) is 2.36. The van der Waals surface area contributed by atoms with E-state index in [0.29, 0.717) is 10.4 Å². The lowest BCUT2D eigenvalue weighted by atomic mass is 10.2. The largest absolute Gasteiger partial charge is 0.478 e. The van der Waals surface area contributed by atoms with Crippen molar-refractivity contribution in [1.29, 1.82) is 0 Å². The highest BCUT2D eigenvalue weighted by atomic mass is 32.2. The number of aromatic carboxylic acids is 1. The molecule has 136 valence electrons. The summed E-state index contributed by atoms with van der Waals surface area (Å²) < 4.78 is 65.3. The van der Waals surface area contributed by atoms with Crippen LogP contribution in [0.4, 0.5) is 13.2 Å². The minimum atomic E-state index is -4.34. The number of alkyl halides is 2. The summed E-state index contributed by atoms with van der Waals surface area (Å²) in [6.45, 7) is -1.18. The number of aromatic nitrogens is 3. The molecule has 0 fully saturated rings. The average Bonchev–Trinajstić information content (AvgIpc) is 2.92. The normalized spacial score (nSPS) is 12.1. The van der Waals surface area contributed by atoms with Gasteiger partial charge in [0, 0.05) is 7.05 Å². The van der Waals surface area contributed by atoms with Crippen LogP contribution >= 0.6 is 0 Å². The van der Waals surface area contributed by atoms with Crippen LogP contribution < -0.4 is 0 Å². The van der Waals surface area contributed by atoms with Gasteiger partial charge in [-0.2, -0.15) is 9.40 Å². The number of hydrogen-bond acceptors (Lipinski definition) is 5. The summed E-state index contributed by atoms with van der Waals surface area (Å²) in [5, 5.41) is 12.4. The lowest BCUT2D eigenvalue weighted by Gasteiger charge is -2.17. The minimum Gasteiger partial charge on any atom is -0.478 e. The molecule has 0 amide bonds. The number of sulfonamides is 1. The van der Waals surface area contributed by atoms with E-state index in [2.05, 4.69) is 10.1 Å². The van der Waals surface area contributed by atoms with Gasteiger partial charge in [-0.05, 0) is 18.2 Å². The summed E-state index contributed by atoms with van der Waals surface area (Å²) >= 11 is 0. The van der Waals surface area contributed by atoms with E-state index >= 15 is 0 Å². The molecule has 1 N–H and O–H groups in total. The van der Waals surface area contributed by atoms with Gasteiger partial charge < -0.3 is 5.11 Å². The summed E-state index contributed by atoms with van der Waals surface area (Å²) in [5.41, 5.74) is -0.407. The van der Waals surface area contributed by atoms with Crippen LogP contribution in [0.25, 0.3) is 0 Å². The molecule has 0 radical (unpaired) electrons.